The molecule has 0 bridgehead atoms. The standard InChI is InChI=1S/C22H21N3O3/c1-2-21(27)25-12-4-6-16-17(5-3-7-19(16)25)22(28)23-15-9-10-18-14(13-15)8-11-20(26)24-18/h2-3,5,7,9-10,13H,1,4,6,8,11-12H2,(H,23,28)(H,24,26). The highest BCUT2D eigenvalue weighted by Crippen LogP contribution is 2.31. The van der Waals surface area contributed by atoms with E-state index < -0.39 is 0 Å². The van der Waals surface area contributed by atoms with Crippen LogP contribution < -0.4 is 15.5 Å². The molecule has 0 unspecified atom stereocenters. The number of amides is 3. The highest BCUT2D eigenvalue weighted by Gasteiger charge is 2.25. The Bertz CT molecular complexity index is 997. The van der Waals surface area contributed by atoms with Crippen LogP contribution in [-0.4, -0.2) is 24.3 Å². The van der Waals surface area contributed by atoms with Gasteiger partial charge in [-0.1, -0.05) is 12.6 Å². The van der Waals surface area contributed by atoms with Gasteiger partial charge in [0.25, 0.3) is 5.91 Å². The molecule has 2 heterocycles. The van der Waals surface area contributed by atoms with Crippen molar-refractivity contribution in [3.05, 3.63) is 65.7 Å². The minimum absolute atomic E-state index is 0.0128. The van der Waals surface area contributed by atoms with Gasteiger partial charge in [0.15, 0.2) is 0 Å². The number of carbonyl (C=O) groups excluding carboxylic acids is 3. The number of nitrogens with one attached hydrogen (secondary N) is 2. The molecule has 0 saturated carbocycles. The second kappa shape index (κ2) is 7.31. The van der Waals surface area contributed by atoms with Crippen LogP contribution in [0.25, 0.3) is 0 Å². The fraction of sp³-hybridized carbons (Fsp3) is 0.227. The van der Waals surface area contributed by atoms with Crippen LogP contribution in [-0.2, 0) is 22.4 Å². The Hall–Kier alpha value is -3.41. The Morgan fingerprint density at radius 1 is 1.14 bits per heavy atom. The lowest BCUT2D eigenvalue weighted by atomic mass is 9.95. The maximum atomic E-state index is 12.9. The third kappa shape index (κ3) is 3.29. The van der Waals surface area contributed by atoms with Gasteiger partial charge >= 0.3 is 0 Å². The van der Waals surface area contributed by atoms with Crippen molar-refractivity contribution in [2.45, 2.75) is 25.7 Å². The second-order valence-corrected chi connectivity index (χ2v) is 6.98. The Morgan fingerprint density at radius 2 is 2.00 bits per heavy atom. The van der Waals surface area contributed by atoms with Crippen LogP contribution >= 0.6 is 0 Å². The lowest BCUT2D eigenvalue weighted by Crippen LogP contribution is -2.35. The number of anilines is 3. The van der Waals surface area contributed by atoms with E-state index in [0.717, 1.165) is 35.3 Å². The summed E-state index contributed by atoms with van der Waals surface area (Å²) in [6.07, 6.45) is 3.95. The Morgan fingerprint density at radius 3 is 2.82 bits per heavy atom. The van der Waals surface area contributed by atoms with Crippen molar-refractivity contribution in [2.24, 2.45) is 0 Å². The van der Waals surface area contributed by atoms with Crippen molar-refractivity contribution < 1.29 is 14.4 Å². The average molecular weight is 375 g/mol. The average Bonchev–Trinajstić information content (AvgIpc) is 2.72. The molecule has 0 saturated heterocycles. The molecule has 0 spiro atoms. The molecule has 2 aromatic rings. The van der Waals surface area contributed by atoms with E-state index in [9.17, 15) is 14.4 Å². The van der Waals surface area contributed by atoms with Crippen LogP contribution in [0.5, 0.6) is 0 Å². The molecule has 0 aliphatic carbocycles. The van der Waals surface area contributed by atoms with Crippen LogP contribution in [0.15, 0.2) is 49.1 Å². The van der Waals surface area contributed by atoms with Crippen molar-refractivity contribution in [1.29, 1.82) is 0 Å². The summed E-state index contributed by atoms with van der Waals surface area (Å²) in [6, 6.07) is 10.9. The summed E-state index contributed by atoms with van der Waals surface area (Å²) in [6.45, 7) is 4.19. The molecule has 4 rings (SSSR count). The van der Waals surface area contributed by atoms with E-state index >= 15 is 0 Å². The molecular formula is C22H21N3O3. The lowest BCUT2D eigenvalue weighted by Gasteiger charge is -2.29. The molecule has 0 atom stereocenters. The molecular weight excluding hydrogens is 354 g/mol. The zero-order valence-electron chi connectivity index (χ0n) is 15.5. The van der Waals surface area contributed by atoms with E-state index in [4.69, 9.17) is 0 Å². The number of hydrogen-bond donors (Lipinski definition) is 2. The zero-order valence-corrected chi connectivity index (χ0v) is 15.5. The van der Waals surface area contributed by atoms with Gasteiger partial charge in [-0.15, -0.1) is 0 Å². The fourth-order valence-corrected chi connectivity index (χ4v) is 3.84. The topological polar surface area (TPSA) is 78.5 Å². The normalized spacial score (nSPS) is 15.1. The number of carbonyl (C=O) groups is 3. The molecule has 3 amide bonds. The third-order valence-electron chi connectivity index (χ3n) is 5.19. The first kappa shape index (κ1) is 18.0. The molecule has 6 heteroatoms. The van der Waals surface area contributed by atoms with Gasteiger partial charge in [-0.25, -0.2) is 0 Å². The van der Waals surface area contributed by atoms with E-state index in [-0.39, 0.29) is 17.7 Å². The first-order chi connectivity index (χ1) is 13.6. The highest BCUT2D eigenvalue weighted by molar-refractivity contribution is 6.08. The largest absolute Gasteiger partial charge is 0.326 e. The Kier molecular flexibility index (Phi) is 4.69. The van der Waals surface area contributed by atoms with Crippen LogP contribution in [0.1, 0.15) is 34.3 Å². The monoisotopic (exact) mass is 375 g/mol. The predicted octanol–water partition coefficient (Wildman–Crippen LogP) is 3.29. The summed E-state index contributed by atoms with van der Waals surface area (Å²) in [4.78, 5) is 38.2. The highest BCUT2D eigenvalue weighted by atomic mass is 16.2. The van der Waals surface area contributed by atoms with Gasteiger partial charge in [-0.05, 0) is 66.8 Å². The Balaban J connectivity index is 1.60. The van der Waals surface area contributed by atoms with E-state index in [2.05, 4.69) is 17.2 Å². The van der Waals surface area contributed by atoms with Crippen molar-refractivity contribution in [2.75, 3.05) is 22.1 Å². The van der Waals surface area contributed by atoms with Crippen molar-refractivity contribution in [3.8, 4) is 0 Å². The summed E-state index contributed by atoms with van der Waals surface area (Å²) in [5.74, 6) is -0.349. The first-order valence-electron chi connectivity index (χ1n) is 9.37. The summed E-state index contributed by atoms with van der Waals surface area (Å²) in [5.41, 5.74) is 4.72. The second-order valence-electron chi connectivity index (χ2n) is 6.98. The minimum atomic E-state index is -0.204. The van der Waals surface area contributed by atoms with Crippen LogP contribution in [0.4, 0.5) is 17.1 Å². The van der Waals surface area contributed by atoms with E-state index in [1.165, 1.54) is 6.08 Å². The maximum absolute atomic E-state index is 12.9. The van der Waals surface area contributed by atoms with E-state index in [1.807, 2.05) is 18.2 Å². The number of benzene rings is 2. The van der Waals surface area contributed by atoms with Gasteiger partial charge in [0, 0.05) is 35.6 Å². The number of nitrogens with zero attached hydrogens (tertiary/aromatic N) is 1. The third-order valence-corrected chi connectivity index (χ3v) is 5.19. The lowest BCUT2D eigenvalue weighted by molar-refractivity contribution is -0.116. The molecule has 28 heavy (non-hydrogen) atoms. The van der Waals surface area contributed by atoms with Crippen molar-refractivity contribution >= 4 is 34.8 Å². The first-order valence-corrected chi connectivity index (χ1v) is 9.37. The van der Waals surface area contributed by atoms with Crippen molar-refractivity contribution in [1.82, 2.24) is 0 Å². The summed E-state index contributed by atoms with van der Waals surface area (Å²) >= 11 is 0. The molecule has 2 aromatic carbocycles. The molecule has 2 N–H and O–H groups in total. The number of hydrogen-bond acceptors (Lipinski definition) is 3. The minimum Gasteiger partial charge on any atom is -0.326 e. The van der Waals surface area contributed by atoms with E-state index in [1.54, 1.807) is 23.1 Å². The smallest absolute Gasteiger partial charge is 0.256 e. The van der Waals surface area contributed by atoms with Crippen LogP contribution in [0, 0.1) is 0 Å². The van der Waals surface area contributed by atoms with Crippen LogP contribution in [0.3, 0.4) is 0 Å². The SMILES string of the molecule is C=CC(=O)N1CCCc2c(C(=O)Nc3ccc4c(c3)CCC(=O)N4)cccc21. The van der Waals surface area contributed by atoms with Gasteiger partial charge in [-0.3, -0.25) is 14.4 Å². The summed E-state index contributed by atoms with van der Waals surface area (Å²) in [7, 11) is 0. The van der Waals surface area contributed by atoms with E-state index in [0.29, 0.717) is 30.6 Å². The quantitative estimate of drug-likeness (QED) is 0.808. The number of rotatable bonds is 3. The maximum Gasteiger partial charge on any atom is 0.256 e. The van der Waals surface area contributed by atoms with Gasteiger partial charge in [0.1, 0.15) is 0 Å². The molecule has 6 nitrogen and oxygen atoms in total. The zero-order chi connectivity index (χ0) is 19.7. The van der Waals surface area contributed by atoms with Crippen LogP contribution in [0.2, 0.25) is 0 Å². The van der Waals surface area contributed by atoms with Gasteiger partial charge < -0.3 is 15.5 Å². The fourth-order valence-electron chi connectivity index (χ4n) is 3.84. The van der Waals surface area contributed by atoms with Gasteiger partial charge in [0.2, 0.25) is 11.8 Å². The molecule has 2 aliphatic heterocycles. The molecule has 0 radical (unpaired) electrons. The van der Waals surface area contributed by atoms with Gasteiger partial charge in [0.05, 0.1) is 0 Å². The summed E-state index contributed by atoms with van der Waals surface area (Å²) < 4.78 is 0. The predicted molar refractivity (Wildman–Crippen MR) is 109 cm³/mol. The molecule has 0 aromatic heterocycles. The molecule has 2 aliphatic rings. The summed E-state index contributed by atoms with van der Waals surface area (Å²) in [5, 5.41) is 5.79. The number of aryl methyl sites for hydroxylation is 1. The Labute approximate surface area is 163 Å². The van der Waals surface area contributed by atoms with Crippen molar-refractivity contribution in [3.63, 3.8) is 0 Å². The molecule has 142 valence electrons. The van der Waals surface area contributed by atoms with Gasteiger partial charge in [-0.2, -0.15) is 0 Å². The molecule has 0 fully saturated rings. The number of fused-ring (bicyclic) bond motifs is 2.